The molecule has 1 fully saturated rings. The van der Waals surface area contributed by atoms with Gasteiger partial charge in [-0.2, -0.15) is 0 Å². The molecule has 1 aromatic carbocycles. The molecule has 0 aromatic heterocycles. The average molecular weight is 234 g/mol. The molecule has 1 aliphatic rings. The largest absolute Gasteiger partial charge is 0.508 e. The molecule has 0 unspecified atom stereocenters. The maximum absolute atomic E-state index is 11.4. The number of hydrogen-bond acceptors (Lipinski definition) is 2. The summed E-state index contributed by atoms with van der Waals surface area (Å²) in [6, 6.07) is 5.33. The minimum Gasteiger partial charge on any atom is -0.508 e. The number of phenols is 1. The summed E-state index contributed by atoms with van der Waals surface area (Å²) in [5, 5.41) is 19.3. The van der Waals surface area contributed by atoms with Gasteiger partial charge in [-0.15, -0.1) is 0 Å². The lowest BCUT2D eigenvalue weighted by Gasteiger charge is -2.38. The molecule has 1 aliphatic carbocycles. The van der Waals surface area contributed by atoms with Gasteiger partial charge in [0, 0.05) is 5.56 Å². The van der Waals surface area contributed by atoms with E-state index in [0.29, 0.717) is 24.3 Å². The van der Waals surface area contributed by atoms with Gasteiger partial charge in [-0.05, 0) is 30.4 Å². The molecule has 0 heterocycles. The number of carboxylic acid groups (broad SMARTS) is 1. The number of carbonyl (C=O) groups is 1. The molecule has 92 valence electrons. The summed E-state index contributed by atoms with van der Waals surface area (Å²) in [7, 11) is 0. The molecule has 2 rings (SSSR count). The average Bonchev–Trinajstić information content (AvgIpc) is 2.18. The Bertz CT molecular complexity index is 445. The number of carboxylic acids is 1. The van der Waals surface area contributed by atoms with Crippen molar-refractivity contribution in [2.45, 2.75) is 44.4 Å². The summed E-state index contributed by atoms with van der Waals surface area (Å²) in [5.74, 6) is -0.378. The van der Waals surface area contributed by atoms with Crippen LogP contribution in [0.1, 0.15) is 50.2 Å². The molecule has 0 bridgehead atoms. The van der Waals surface area contributed by atoms with E-state index in [0.717, 1.165) is 12.0 Å². The zero-order valence-corrected chi connectivity index (χ0v) is 10.2. The molecule has 0 spiro atoms. The first kappa shape index (κ1) is 12.0. The van der Waals surface area contributed by atoms with Crippen LogP contribution in [0.15, 0.2) is 18.2 Å². The number of aliphatic carboxylic acids is 1. The van der Waals surface area contributed by atoms with Gasteiger partial charge in [-0.25, -0.2) is 0 Å². The quantitative estimate of drug-likeness (QED) is 0.845. The number of aromatic hydroxyl groups is 1. The number of phenolic OH excluding ortho intramolecular Hbond substituents is 1. The van der Waals surface area contributed by atoms with Gasteiger partial charge in [0.25, 0.3) is 0 Å². The predicted molar refractivity (Wildman–Crippen MR) is 65.4 cm³/mol. The van der Waals surface area contributed by atoms with Gasteiger partial charge < -0.3 is 10.2 Å². The molecular weight excluding hydrogens is 216 g/mol. The van der Waals surface area contributed by atoms with Crippen LogP contribution in [0.4, 0.5) is 0 Å². The van der Waals surface area contributed by atoms with E-state index in [9.17, 15) is 15.0 Å². The summed E-state index contributed by atoms with van der Waals surface area (Å²) in [6.45, 7) is 4.12. The standard InChI is InChI=1S/C14H18O3/c1-9(2)10-4-5-12(15)11(8-10)14(13(16)17)6-3-7-14/h4-5,8-9,15H,3,6-7H2,1-2H3,(H,16,17). The zero-order valence-electron chi connectivity index (χ0n) is 10.2. The first-order chi connectivity index (χ1) is 7.97. The maximum atomic E-state index is 11.4. The molecule has 3 heteroatoms. The van der Waals surface area contributed by atoms with Crippen molar-refractivity contribution in [1.82, 2.24) is 0 Å². The first-order valence-electron chi connectivity index (χ1n) is 6.04. The summed E-state index contributed by atoms with van der Waals surface area (Å²) in [5.41, 5.74) is 0.808. The highest BCUT2D eigenvalue weighted by Gasteiger charge is 2.47. The molecule has 3 nitrogen and oxygen atoms in total. The second-order valence-corrected chi connectivity index (χ2v) is 5.17. The van der Waals surface area contributed by atoms with E-state index in [1.54, 1.807) is 6.07 Å². The van der Waals surface area contributed by atoms with Crippen molar-refractivity contribution in [3.05, 3.63) is 29.3 Å². The SMILES string of the molecule is CC(C)c1ccc(O)c(C2(C(=O)O)CCC2)c1. The number of benzene rings is 1. The summed E-state index contributed by atoms with van der Waals surface area (Å²) < 4.78 is 0. The third kappa shape index (κ3) is 1.79. The van der Waals surface area contributed by atoms with Crippen LogP contribution in [0.2, 0.25) is 0 Å². The Morgan fingerprint density at radius 3 is 2.41 bits per heavy atom. The van der Waals surface area contributed by atoms with E-state index in [2.05, 4.69) is 13.8 Å². The minimum absolute atomic E-state index is 0.108. The van der Waals surface area contributed by atoms with Crippen molar-refractivity contribution in [3.8, 4) is 5.75 Å². The third-order valence-corrected chi connectivity index (χ3v) is 3.82. The van der Waals surface area contributed by atoms with Crippen molar-refractivity contribution >= 4 is 5.97 Å². The van der Waals surface area contributed by atoms with Gasteiger partial charge >= 0.3 is 5.97 Å². The Hall–Kier alpha value is -1.51. The molecular formula is C14H18O3. The van der Waals surface area contributed by atoms with E-state index >= 15 is 0 Å². The second-order valence-electron chi connectivity index (χ2n) is 5.17. The lowest BCUT2D eigenvalue weighted by Crippen LogP contribution is -2.42. The molecule has 2 N–H and O–H groups in total. The van der Waals surface area contributed by atoms with Gasteiger partial charge in [0.1, 0.15) is 5.75 Å². The monoisotopic (exact) mass is 234 g/mol. The molecule has 0 radical (unpaired) electrons. The normalized spacial score (nSPS) is 17.8. The zero-order chi connectivity index (χ0) is 12.6. The molecule has 0 amide bonds. The van der Waals surface area contributed by atoms with E-state index in [1.807, 2.05) is 12.1 Å². The molecule has 1 saturated carbocycles. The Morgan fingerprint density at radius 2 is 2.00 bits per heavy atom. The highest BCUT2D eigenvalue weighted by Crippen LogP contribution is 2.47. The van der Waals surface area contributed by atoms with Crippen molar-refractivity contribution in [1.29, 1.82) is 0 Å². The molecule has 0 atom stereocenters. The molecule has 17 heavy (non-hydrogen) atoms. The first-order valence-corrected chi connectivity index (χ1v) is 6.04. The fraction of sp³-hybridized carbons (Fsp3) is 0.500. The fourth-order valence-electron chi connectivity index (χ4n) is 2.42. The maximum Gasteiger partial charge on any atom is 0.314 e. The Labute approximate surface area is 101 Å². The van der Waals surface area contributed by atoms with Gasteiger partial charge in [0.2, 0.25) is 0 Å². The van der Waals surface area contributed by atoms with E-state index in [-0.39, 0.29) is 5.75 Å². The summed E-state index contributed by atoms with van der Waals surface area (Å²) in [4.78, 5) is 11.4. The summed E-state index contributed by atoms with van der Waals surface area (Å²) >= 11 is 0. The van der Waals surface area contributed by atoms with E-state index < -0.39 is 11.4 Å². The van der Waals surface area contributed by atoms with Crippen LogP contribution in [0.25, 0.3) is 0 Å². The van der Waals surface area contributed by atoms with Crippen LogP contribution in [-0.2, 0) is 10.2 Å². The highest BCUT2D eigenvalue weighted by molar-refractivity contribution is 5.83. The van der Waals surface area contributed by atoms with Gasteiger partial charge in [-0.1, -0.05) is 32.4 Å². The van der Waals surface area contributed by atoms with Gasteiger partial charge in [-0.3, -0.25) is 4.79 Å². The third-order valence-electron chi connectivity index (χ3n) is 3.82. The Kier molecular flexibility index (Phi) is 2.86. The van der Waals surface area contributed by atoms with Crippen LogP contribution in [0.3, 0.4) is 0 Å². The predicted octanol–water partition coefficient (Wildman–Crippen LogP) is 3.02. The van der Waals surface area contributed by atoms with Gasteiger partial charge in [0.05, 0.1) is 5.41 Å². The molecule has 1 aromatic rings. The summed E-state index contributed by atoms with van der Waals surface area (Å²) in [6.07, 6.45) is 2.16. The van der Waals surface area contributed by atoms with Crippen molar-refractivity contribution in [3.63, 3.8) is 0 Å². The molecule has 0 saturated heterocycles. The van der Waals surface area contributed by atoms with Gasteiger partial charge in [0.15, 0.2) is 0 Å². The van der Waals surface area contributed by atoms with Crippen molar-refractivity contribution in [2.75, 3.05) is 0 Å². The van der Waals surface area contributed by atoms with Crippen molar-refractivity contribution in [2.24, 2.45) is 0 Å². The smallest absolute Gasteiger partial charge is 0.314 e. The second kappa shape index (κ2) is 4.06. The number of hydrogen-bond donors (Lipinski definition) is 2. The lowest BCUT2D eigenvalue weighted by atomic mass is 9.64. The Morgan fingerprint density at radius 1 is 1.35 bits per heavy atom. The molecule has 0 aliphatic heterocycles. The lowest BCUT2D eigenvalue weighted by molar-refractivity contribution is -0.147. The van der Waals surface area contributed by atoms with Crippen LogP contribution in [0, 0.1) is 0 Å². The van der Waals surface area contributed by atoms with E-state index in [4.69, 9.17) is 0 Å². The van der Waals surface area contributed by atoms with Crippen LogP contribution in [0.5, 0.6) is 5.75 Å². The Balaban J connectivity index is 2.50. The van der Waals surface area contributed by atoms with Crippen LogP contribution in [-0.4, -0.2) is 16.2 Å². The highest BCUT2D eigenvalue weighted by atomic mass is 16.4. The van der Waals surface area contributed by atoms with Crippen LogP contribution >= 0.6 is 0 Å². The van der Waals surface area contributed by atoms with Crippen molar-refractivity contribution < 1.29 is 15.0 Å². The van der Waals surface area contributed by atoms with Crippen LogP contribution < -0.4 is 0 Å². The number of rotatable bonds is 3. The fourth-order valence-corrected chi connectivity index (χ4v) is 2.42. The van der Waals surface area contributed by atoms with E-state index in [1.165, 1.54) is 0 Å². The topological polar surface area (TPSA) is 57.5 Å². The minimum atomic E-state index is -0.852.